The molecule has 0 unspecified atom stereocenters. The maximum absolute atomic E-state index is 12.6. The molecule has 0 aliphatic heterocycles. The first-order valence-corrected chi connectivity index (χ1v) is 3.08. The van der Waals surface area contributed by atoms with Gasteiger partial charge in [0.1, 0.15) is 0 Å². The Balaban J connectivity index is 3.34. The lowest BCUT2D eigenvalue weighted by Gasteiger charge is -2.03. The van der Waals surface area contributed by atoms with E-state index in [1.165, 1.54) is 0 Å². The molecular weight excluding hydrogens is 189 g/mol. The second-order valence-corrected chi connectivity index (χ2v) is 2.10. The normalized spacial score (nSPS) is 9.77. The third-order valence-electron chi connectivity index (χ3n) is 1.33. The molecule has 0 saturated heterocycles. The summed E-state index contributed by atoms with van der Waals surface area (Å²) in [6.07, 6.45) is 0. The molecule has 0 aliphatic carbocycles. The van der Waals surface area contributed by atoms with Crippen molar-refractivity contribution in [2.45, 2.75) is 0 Å². The second-order valence-electron chi connectivity index (χ2n) is 2.10. The number of para-hydroxylation sites is 1. The number of halogens is 3. The van der Waals surface area contributed by atoms with Gasteiger partial charge >= 0.3 is 5.69 Å². The van der Waals surface area contributed by atoms with Gasteiger partial charge in [0.2, 0.25) is 5.69 Å². The molecule has 0 aromatic heterocycles. The predicted molar refractivity (Wildman–Crippen MR) is 37.7 cm³/mol. The van der Waals surface area contributed by atoms with Gasteiger partial charge in [-0.05, 0) is 11.4 Å². The number of benzene rings is 1. The third-order valence-corrected chi connectivity index (χ3v) is 1.33. The van der Waals surface area contributed by atoms with Gasteiger partial charge in [-0.25, -0.2) is 4.39 Å². The van der Waals surface area contributed by atoms with Gasteiger partial charge in [-0.2, -0.15) is 0 Å². The Labute approximate surface area is 70.2 Å². The SMILES string of the molecule is O=[N+]([O-])c1cccc(F)c1N(F)F. The van der Waals surface area contributed by atoms with Gasteiger partial charge in [0.25, 0.3) is 0 Å². The van der Waals surface area contributed by atoms with Crippen molar-refractivity contribution in [1.82, 2.24) is 0 Å². The average Bonchev–Trinajstić information content (AvgIpc) is 2.02. The molecule has 0 bridgehead atoms. The summed E-state index contributed by atoms with van der Waals surface area (Å²) in [4.78, 5) is 9.08. The molecule has 0 atom stereocenters. The smallest absolute Gasteiger partial charge is 0.258 e. The van der Waals surface area contributed by atoms with Crippen LogP contribution in [0.15, 0.2) is 18.2 Å². The Morgan fingerprint density at radius 1 is 1.38 bits per heavy atom. The summed E-state index contributed by atoms with van der Waals surface area (Å²) in [6, 6.07) is 2.50. The highest BCUT2D eigenvalue weighted by molar-refractivity contribution is 5.61. The van der Waals surface area contributed by atoms with Crippen molar-refractivity contribution in [2.24, 2.45) is 0 Å². The summed E-state index contributed by atoms with van der Waals surface area (Å²) in [7, 11) is 0. The first kappa shape index (κ1) is 9.30. The van der Waals surface area contributed by atoms with E-state index in [2.05, 4.69) is 0 Å². The van der Waals surface area contributed by atoms with Crippen molar-refractivity contribution >= 4 is 11.4 Å². The van der Waals surface area contributed by atoms with E-state index >= 15 is 0 Å². The fraction of sp³-hybridized carbons (Fsp3) is 0. The molecule has 0 radical (unpaired) electrons. The Hall–Kier alpha value is -1.79. The van der Waals surface area contributed by atoms with E-state index in [0.29, 0.717) is 6.07 Å². The van der Waals surface area contributed by atoms with E-state index < -0.39 is 27.5 Å². The fourth-order valence-corrected chi connectivity index (χ4v) is 0.819. The Morgan fingerprint density at radius 2 is 2.00 bits per heavy atom. The van der Waals surface area contributed by atoms with E-state index in [1.807, 2.05) is 0 Å². The molecule has 0 saturated carbocycles. The molecule has 0 spiro atoms. The molecule has 13 heavy (non-hydrogen) atoms. The number of nitro groups is 1. The highest BCUT2D eigenvalue weighted by Crippen LogP contribution is 2.31. The number of rotatable bonds is 2. The maximum Gasteiger partial charge on any atom is 0.301 e. The average molecular weight is 192 g/mol. The number of nitrogens with zero attached hydrogens (tertiary/aromatic N) is 2. The van der Waals surface area contributed by atoms with Gasteiger partial charge in [0, 0.05) is 6.07 Å². The summed E-state index contributed by atoms with van der Waals surface area (Å²) >= 11 is 0. The molecule has 1 aromatic rings. The minimum absolute atomic E-state index is 0.717. The zero-order valence-corrected chi connectivity index (χ0v) is 6.08. The molecule has 1 aromatic carbocycles. The number of hydrogen-bond acceptors (Lipinski definition) is 3. The van der Waals surface area contributed by atoms with Gasteiger partial charge in [-0.15, -0.1) is 0 Å². The number of nitro benzene ring substituents is 1. The zero-order valence-electron chi connectivity index (χ0n) is 6.08. The van der Waals surface area contributed by atoms with Crippen LogP contribution in [0.1, 0.15) is 0 Å². The summed E-state index contributed by atoms with van der Waals surface area (Å²) in [5, 5.41) is 8.54. The van der Waals surface area contributed by atoms with Crippen LogP contribution in [0.25, 0.3) is 0 Å². The molecule has 0 fully saturated rings. The Morgan fingerprint density at radius 3 is 2.38 bits per heavy atom. The summed E-state index contributed by atoms with van der Waals surface area (Å²) in [6.45, 7) is 0. The predicted octanol–water partition coefficient (Wildman–Crippen LogP) is 2.31. The van der Waals surface area contributed by atoms with Crippen LogP contribution in [0.2, 0.25) is 0 Å². The first-order valence-electron chi connectivity index (χ1n) is 3.08. The third kappa shape index (κ3) is 1.68. The maximum atomic E-state index is 12.6. The molecule has 0 aliphatic rings. The number of hydrogen-bond donors (Lipinski definition) is 0. The first-order chi connectivity index (χ1) is 6.04. The lowest BCUT2D eigenvalue weighted by atomic mass is 10.2. The molecule has 0 amide bonds. The van der Waals surface area contributed by atoms with E-state index in [4.69, 9.17) is 0 Å². The molecule has 0 N–H and O–H groups in total. The minimum atomic E-state index is -1.62. The number of anilines is 1. The van der Waals surface area contributed by atoms with Crippen molar-refractivity contribution < 1.29 is 18.3 Å². The fourth-order valence-electron chi connectivity index (χ4n) is 0.819. The van der Waals surface area contributed by atoms with Gasteiger partial charge in [0.05, 0.1) is 4.92 Å². The summed E-state index contributed by atoms with van der Waals surface area (Å²) in [5.41, 5.74) is -2.29. The van der Waals surface area contributed by atoms with E-state index in [9.17, 15) is 23.5 Å². The van der Waals surface area contributed by atoms with Crippen molar-refractivity contribution in [2.75, 3.05) is 5.34 Å². The van der Waals surface area contributed by atoms with Crippen LogP contribution >= 0.6 is 0 Å². The minimum Gasteiger partial charge on any atom is -0.258 e. The molecule has 70 valence electrons. The second kappa shape index (κ2) is 3.30. The lowest BCUT2D eigenvalue weighted by Crippen LogP contribution is -2.03. The largest absolute Gasteiger partial charge is 0.301 e. The zero-order chi connectivity index (χ0) is 10.0. The van der Waals surface area contributed by atoms with Crippen molar-refractivity contribution in [1.29, 1.82) is 0 Å². The summed E-state index contributed by atoms with van der Waals surface area (Å²) in [5.74, 6) is -1.33. The van der Waals surface area contributed by atoms with Crippen LogP contribution in [0.3, 0.4) is 0 Å². The standard InChI is InChI=1S/C6H3F3N2O2/c7-4-2-1-3-5(11(12)13)6(4)10(8)9/h1-3H. The van der Waals surface area contributed by atoms with Crippen LogP contribution in [-0.2, 0) is 0 Å². The molecule has 4 nitrogen and oxygen atoms in total. The van der Waals surface area contributed by atoms with E-state index in [1.54, 1.807) is 0 Å². The van der Waals surface area contributed by atoms with Crippen molar-refractivity contribution in [3.8, 4) is 0 Å². The van der Waals surface area contributed by atoms with Gasteiger partial charge < -0.3 is 0 Å². The van der Waals surface area contributed by atoms with Crippen LogP contribution in [-0.4, -0.2) is 4.92 Å². The Kier molecular flexibility index (Phi) is 2.36. The quantitative estimate of drug-likeness (QED) is 0.410. The summed E-state index contributed by atoms with van der Waals surface area (Å²) < 4.78 is 36.5. The highest BCUT2D eigenvalue weighted by atomic mass is 19.4. The monoisotopic (exact) mass is 192 g/mol. The van der Waals surface area contributed by atoms with E-state index in [0.717, 1.165) is 12.1 Å². The Bertz CT molecular complexity index is 343. The van der Waals surface area contributed by atoms with Crippen molar-refractivity contribution in [3.63, 3.8) is 0 Å². The molecular formula is C6H3F3N2O2. The van der Waals surface area contributed by atoms with Crippen LogP contribution in [0.4, 0.5) is 24.7 Å². The van der Waals surface area contributed by atoms with E-state index in [-0.39, 0.29) is 0 Å². The molecule has 7 heteroatoms. The van der Waals surface area contributed by atoms with Crippen LogP contribution in [0, 0.1) is 15.9 Å². The highest BCUT2D eigenvalue weighted by Gasteiger charge is 2.23. The van der Waals surface area contributed by atoms with Gasteiger partial charge in [0.15, 0.2) is 5.82 Å². The van der Waals surface area contributed by atoms with Gasteiger partial charge in [-0.1, -0.05) is 15.0 Å². The topological polar surface area (TPSA) is 46.4 Å². The van der Waals surface area contributed by atoms with Crippen LogP contribution in [0.5, 0.6) is 0 Å². The molecule has 0 heterocycles. The molecule has 1 rings (SSSR count). The van der Waals surface area contributed by atoms with Crippen molar-refractivity contribution in [3.05, 3.63) is 34.1 Å². The lowest BCUT2D eigenvalue weighted by molar-refractivity contribution is -0.384. The van der Waals surface area contributed by atoms with Gasteiger partial charge in [-0.3, -0.25) is 10.1 Å². The van der Waals surface area contributed by atoms with Crippen LogP contribution < -0.4 is 5.34 Å².